The minimum Gasteiger partial charge on any atom is -0.480 e. The van der Waals surface area contributed by atoms with Crippen LogP contribution >= 0.6 is 0 Å². The van der Waals surface area contributed by atoms with E-state index in [1.807, 2.05) is 48.5 Å². The molecule has 0 fully saturated rings. The smallest absolute Gasteiger partial charge is 0.407 e. The van der Waals surface area contributed by atoms with E-state index in [-0.39, 0.29) is 12.5 Å². The molecule has 2 aromatic carbocycles. The fourth-order valence-electron chi connectivity index (χ4n) is 3.49. The summed E-state index contributed by atoms with van der Waals surface area (Å²) in [5.41, 5.74) is 4.46. The minimum atomic E-state index is -1.12. The molecule has 2 N–H and O–H groups in total. The number of nitrogens with one attached hydrogen (secondary N) is 1. The third kappa shape index (κ3) is 3.98. The van der Waals surface area contributed by atoms with Crippen molar-refractivity contribution in [1.82, 2.24) is 10.2 Å². The molecule has 0 saturated carbocycles. The summed E-state index contributed by atoms with van der Waals surface area (Å²) in [7, 11) is 1.37. The lowest BCUT2D eigenvalue weighted by atomic mass is 9.98. The second kappa shape index (κ2) is 8.12. The molecule has 146 valence electrons. The number of likely N-dealkylation sites (N-methyl/N-ethyl adjacent to an activating group) is 1. The number of carbonyl (C=O) groups is 3. The number of carbonyl (C=O) groups excluding carboxylic acids is 2. The largest absolute Gasteiger partial charge is 0.480 e. The summed E-state index contributed by atoms with van der Waals surface area (Å²) < 4.78 is 5.38. The molecule has 7 nitrogen and oxygen atoms in total. The van der Waals surface area contributed by atoms with Gasteiger partial charge in [-0.2, -0.15) is 0 Å². The Morgan fingerprint density at radius 2 is 1.61 bits per heavy atom. The second-order valence-corrected chi connectivity index (χ2v) is 6.78. The average molecular weight is 382 g/mol. The molecular weight excluding hydrogens is 360 g/mol. The van der Waals surface area contributed by atoms with Crippen LogP contribution in [-0.2, 0) is 14.3 Å². The van der Waals surface area contributed by atoms with Crippen molar-refractivity contribution < 1.29 is 24.2 Å². The molecular formula is C21H22N2O5. The molecule has 0 spiro atoms. The van der Waals surface area contributed by atoms with Gasteiger partial charge >= 0.3 is 12.1 Å². The van der Waals surface area contributed by atoms with E-state index in [2.05, 4.69) is 5.32 Å². The quantitative estimate of drug-likeness (QED) is 0.800. The topological polar surface area (TPSA) is 95.9 Å². The Labute approximate surface area is 162 Å². The van der Waals surface area contributed by atoms with Crippen molar-refractivity contribution in [2.24, 2.45) is 0 Å². The Hall–Kier alpha value is -3.35. The van der Waals surface area contributed by atoms with E-state index in [1.165, 1.54) is 14.0 Å². The molecule has 0 aromatic heterocycles. The van der Waals surface area contributed by atoms with Crippen molar-refractivity contribution in [3.8, 4) is 11.1 Å². The molecule has 2 aromatic rings. The summed E-state index contributed by atoms with van der Waals surface area (Å²) in [6.45, 7) is 1.20. The Bertz CT molecular complexity index is 866. The number of rotatable bonds is 6. The lowest BCUT2D eigenvalue weighted by Crippen LogP contribution is -2.47. The lowest BCUT2D eigenvalue weighted by molar-refractivity contribution is -0.144. The predicted molar refractivity (Wildman–Crippen MR) is 103 cm³/mol. The van der Waals surface area contributed by atoms with E-state index in [1.54, 1.807) is 0 Å². The molecule has 1 aliphatic rings. The Morgan fingerprint density at radius 3 is 2.14 bits per heavy atom. The van der Waals surface area contributed by atoms with E-state index in [0.717, 1.165) is 27.2 Å². The maximum atomic E-state index is 12.2. The number of benzene rings is 2. The Balaban J connectivity index is 1.62. The summed E-state index contributed by atoms with van der Waals surface area (Å²) >= 11 is 0. The minimum absolute atomic E-state index is 0.0705. The first-order chi connectivity index (χ1) is 13.4. The number of carboxylic acids is 1. The normalized spacial score (nSPS) is 13.2. The monoisotopic (exact) mass is 382 g/mol. The number of amides is 2. The van der Waals surface area contributed by atoms with Crippen LogP contribution in [0.1, 0.15) is 24.0 Å². The summed E-state index contributed by atoms with van der Waals surface area (Å²) in [4.78, 5) is 36.0. The number of ether oxygens (including phenoxy) is 1. The Kier molecular flexibility index (Phi) is 5.63. The van der Waals surface area contributed by atoms with Gasteiger partial charge in [0.25, 0.3) is 0 Å². The van der Waals surface area contributed by atoms with Crippen LogP contribution in [0.3, 0.4) is 0 Å². The van der Waals surface area contributed by atoms with Crippen molar-refractivity contribution in [3.05, 3.63) is 59.7 Å². The van der Waals surface area contributed by atoms with Crippen LogP contribution in [-0.4, -0.2) is 54.2 Å². The number of alkyl carbamates (subject to hydrolysis) is 1. The van der Waals surface area contributed by atoms with Gasteiger partial charge in [0.15, 0.2) is 0 Å². The molecule has 0 heterocycles. The van der Waals surface area contributed by atoms with E-state index < -0.39 is 30.6 Å². The molecule has 2 amide bonds. The summed E-state index contributed by atoms with van der Waals surface area (Å²) in [6.07, 6.45) is -0.716. The zero-order valence-corrected chi connectivity index (χ0v) is 15.7. The van der Waals surface area contributed by atoms with E-state index in [0.29, 0.717) is 0 Å². The number of hydrogen-bond donors (Lipinski definition) is 2. The van der Waals surface area contributed by atoms with Gasteiger partial charge in [-0.3, -0.25) is 9.59 Å². The SMILES string of the molecule is C[C@@H](NC(=O)OCC1c2ccccc2-c2ccccc21)C(=O)N(C)CC(=O)O. The van der Waals surface area contributed by atoms with Gasteiger partial charge in [-0.1, -0.05) is 48.5 Å². The molecule has 28 heavy (non-hydrogen) atoms. The zero-order chi connectivity index (χ0) is 20.3. The molecule has 1 aliphatic carbocycles. The fourth-order valence-corrected chi connectivity index (χ4v) is 3.49. The molecule has 7 heteroatoms. The third-order valence-electron chi connectivity index (χ3n) is 4.80. The van der Waals surface area contributed by atoms with Crippen LogP contribution in [0.2, 0.25) is 0 Å². The van der Waals surface area contributed by atoms with Gasteiger partial charge in [0.1, 0.15) is 19.2 Å². The molecule has 0 saturated heterocycles. The first-order valence-electron chi connectivity index (χ1n) is 8.96. The van der Waals surface area contributed by atoms with Gasteiger partial charge in [0.05, 0.1) is 0 Å². The number of hydrogen-bond acceptors (Lipinski definition) is 4. The van der Waals surface area contributed by atoms with Crippen molar-refractivity contribution in [2.45, 2.75) is 18.9 Å². The van der Waals surface area contributed by atoms with Crippen molar-refractivity contribution in [2.75, 3.05) is 20.2 Å². The fraction of sp³-hybridized carbons (Fsp3) is 0.286. The molecule has 0 unspecified atom stereocenters. The van der Waals surface area contributed by atoms with E-state index in [4.69, 9.17) is 9.84 Å². The third-order valence-corrected chi connectivity index (χ3v) is 4.80. The molecule has 0 aliphatic heterocycles. The van der Waals surface area contributed by atoms with Crippen LogP contribution in [0.5, 0.6) is 0 Å². The van der Waals surface area contributed by atoms with Gasteiger partial charge in [-0.05, 0) is 29.2 Å². The highest BCUT2D eigenvalue weighted by Crippen LogP contribution is 2.44. The van der Waals surface area contributed by atoms with Gasteiger partial charge in [-0.25, -0.2) is 4.79 Å². The second-order valence-electron chi connectivity index (χ2n) is 6.78. The van der Waals surface area contributed by atoms with Crippen LogP contribution in [0.25, 0.3) is 11.1 Å². The van der Waals surface area contributed by atoms with Gasteiger partial charge in [-0.15, -0.1) is 0 Å². The highest BCUT2D eigenvalue weighted by molar-refractivity contribution is 5.87. The van der Waals surface area contributed by atoms with E-state index in [9.17, 15) is 14.4 Å². The highest BCUT2D eigenvalue weighted by atomic mass is 16.5. The summed E-state index contributed by atoms with van der Waals surface area (Å²) in [5, 5.41) is 11.2. The van der Waals surface area contributed by atoms with Crippen LogP contribution in [0.15, 0.2) is 48.5 Å². The first kappa shape index (κ1) is 19.4. The van der Waals surface area contributed by atoms with Crippen molar-refractivity contribution in [1.29, 1.82) is 0 Å². The van der Waals surface area contributed by atoms with Gasteiger partial charge in [0.2, 0.25) is 5.91 Å². The summed E-state index contributed by atoms with van der Waals surface area (Å²) in [5.74, 6) is -1.70. The molecule has 3 rings (SSSR count). The maximum absolute atomic E-state index is 12.2. The van der Waals surface area contributed by atoms with Gasteiger partial charge < -0.3 is 20.1 Å². The maximum Gasteiger partial charge on any atom is 0.407 e. The number of aliphatic carboxylic acids is 1. The molecule has 0 radical (unpaired) electrons. The lowest BCUT2D eigenvalue weighted by Gasteiger charge is -2.21. The van der Waals surface area contributed by atoms with Crippen molar-refractivity contribution >= 4 is 18.0 Å². The zero-order valence-electron chi connectivity index (χ0n) is 15.7. The number of carboxylic acid groups (broad SMARTS) is 1. The van der Waals surface area contributed by atoms with Crippen LogP contribution in [0.4, 0.5) is 4.79 Å². The number of nitrogens with zero attached hydrogens (tertiary/aromatic N) is 1. The average Bonchev–Trinajstić information content (AvgIpc) is 2.99. The standard InChI is InChI=1S/C21H22N2O5/c1-13(20(26)23(2)11-19(24)25)22-21(27)28-12-18-16-9-5-3-7-14(16)15-8-4-6-10-17(15)18/h3-10,13,18H,11-12H2,1-2H3,(H,22,27)(H,24,25)/t13-/m1/s1. The summed E-state index contributed by atoms with van der Waals surface area (Å²) in [6, 6.07) is 15.1. The molecule has 0 bridgehead atoms. The van der Waals surface area contributed by atoms with Crippen molar-refractivity contribution in [3.63, 3.8) is 0 Å². The first-order valence-corrected chi connectivity index (χ1v) is 8.96. The Morgan fingerprint density at radius 1 is 1.07 bits per heavy atom. The van der Waals surface area contributed by atoms with Gasteiger partial charge in [0, 0.05) is 13.0 Å². The predicted octanol–water partition coefficient (Wildman–Crippen LogP) is 2.46. The van der Waals surface area contributed by atoms with Crippen LogP contribution in [0, 0.1) is 0 Å². The van der Waals surface area contributed by atoms with E-state index >= 15 is 0 Å². The number of fused-ring (bicyclic) bond motifs is 3. The highest BCUT2D eigenvalue weighted by Gasteiger charge is 2.29. The van der Waals surface area contributed by atoms with Crippen LogP contribution < -0.4 is 5.32 Å². The molecule has 1 atom stereocenters.